The largest absolute Gasteiger partial charge is 0.381 e. The minimum absolute atomic E-state index is 0.0400. The molecular weight excluding hydrogens is 390 g/mol. The summed E-state index contributed by atoms with van der Waals surface area (Å²) < 4.78 is 5.58. The van der Waals surface area contributed by atoms with Crippen molar-refractivity contribution in [2.45, 2.75) is 25.3 Å². The third kappa shape index (κ3) is 3.75. The van der Waals surface area contributed by atoms with E-state index < -0.39 is 6.03 Å². The Morgan fingerprint density at radius 1 is 0.871 bits per heavy atom. The first-order valence-electron chi connectivity index (χ1n) is 10.7. The summed E-state index contributed by atoms with van der Waals surface area (Å²) in [6, 6.07) is 21.0. The average molecular weight is 415 g/mol. The molecule has 1 heterocycles. The fourth-order valence-corrected chi connectivity index (χ4v) is 4.95. The van der Waals surface area contributed by atoms with Crippen molar-refractivity contribution in [3.05, 3.63) is 83.4 Å². The summed E-state index contributed by atoms with van der Waals surface area (Å²) in [6.45, 7) is 1.40. The number of urea groups is 1. The number of carbonyl (C=O) groups excluding carboxylic acids is 2. The Hall–Kier alpha value is -3.38. The first kappa shape index (κ1) is 19.6. The van der Waals surface area contributed by atoms with Crippen LogP contribution in [0.25, 0.3) is 10.8 Å². The molecule has 158 valence electrons. The molecule has 0 radical (unpaired) electrons. The molecule has 3 amide bonds. The standard InChI is InChI=1S/C25H25N3O3/c29-23(19-10-9-17-5-1-2-6-18(17)15-19)27-28-24(30)26-22-21-8-4-3-7-20(21)16-25(22)11-13-31-14-12-25/h1-10,15,22H,11-14,16H2,(H,27,29)(H2,26,28,30). The van der Waals surface area contributed by atoms with Crippen molar-refractivity contribution in [3.63, 3.8) is 0 Å². The van der Waals surface area contributed by atoms with Gasteiger partial charge in [0.05, 0.1) is 6.04 Å². The van der Waals surface area contributed by atoms with Crippen LogP contribution in [0.15, 0.2) is 66.7 Å². The van der Waals surface area contributed by atoms with E-state index in [0.717, 1.165) is 35.6 Å². The van der Waals surface area contributed by atoms with E-state index in [2.05, 4.69) is 28.3 Å². The highest BCUT2D eigenvalue weighted by Crippen LogP contribution is 2.51. The average Bonchev–Trinajstić information content (AvgIpc) is 3.09. The SMILES string of the molecule is O=C(NNC(=O)c1ccc2ccccc2c1)NC1c2ccccc2CC12CCOCC2. The summed E-state index contributed by atoms with van der Waals surface area (Å²) in [5.74, 6) is -0.353. The van der Waals surface area contributed by atoms with Crippen LogP contribution in [0.3, 0.4) is 0 Å². The highest BCUT2D eigenvalue weighted by Gasteiger charge is 2.47. The molecule has 6 heteroatoms. The van der Waals surface area contributed by atoms with Gasteiger partial charge in [0, 0.05) is 24.2 Å². The van der Waals surface area contributed by atoms with Crippen LogP contribution < -0.4 is 16.2 Å². The van der Waals surface area contributed by atoms with Gasteiger partial charge in [-0.1, -0.05) is 54.6 Å². The lowest BCUT2D eigenvalue weighted by Crippen LogP contribution is -2.50. The van der Waals surface area contributed by atoms with E-state index in [4.69, 9.17) is 4.74 Å². The number of rotatable bonds is 2. The molecule has 3 aromatic rings. The molecular formula is C25H25N3O3. The third-order valence-electron chi connectivity index (χ3n) is 6.59. The van der Waals surface area contributed by atoms with E-state index >= 15 is 0 Å². The van der Waals surface area contributed by atoms with Crippen molar-refractivity contribution >= 4 is 22.7 Å². The van der Waals surface area contributed by atoms with E-state index in [0.29, 0.717) is 18.8 Å². The van der Waals surface area contributed by atoms with Crippen molar-refractivity contribution in [1.82, 2.24) is 16.2 Å². The Morgan fingerprint density at radius 2 is 1.61 bits per heavy atom. The minimum atomic E-state index is -0.415. The molecule has 0 saturated carbocycles. The fraction of sp³-hybridized carbons (Fsp3) is 0.280. The van der Waals surface area contributed by atoms with Crippen LogP contribution in [0, 0.1) is 5.41 Å². The summed E-state index contributed by atoms with van der Waals surface area (Å²) in [6.07, 6.45) is 2.73. The minimum Gasteiger partial charge on any atom is -0.381 e. The van der Waals surface area contributed by atoms with Gasteiger partial charge in [0.25, 0.3) is 5.91 Å². The molecule has 3 N–H and O–H groups in total. The summed E-state index contributed by atoms with van der Waals surface area (Å²) in [5.41, 5.74) is 7.93. The summed E-state index contributed by atoms with van der Waals surface area (Å²) in [5, 5.41) is 5.15. The number of nitrogens with one attached hydrogen (secondary N) is 3. The molecule has 3 aromatic carbocycles. The maximum atomic E-state index is 12.7. The molecule has 1 spiro atoms. The van der Waals surface area contributed by atoms with Crippen molar-refractivity contribution in [2.24, 2.45) is 5.41 Å². The predicted molar refractivity (Wildman–Crippen MR) is 118 cm³/mol. The zero-order valence-electron chi connectivity index (χ0n) is 17.2. The third-order valence-corrected chi connectivity index (χ3v) is 6.59. The van der Waals surface area contributed by atoms with Gasteiger partial charge < -0.3 is 10.1 Å². The molecule has 1 aliphatic heterocycles. The highest BCUT2D eigenvalue weighted by molar-refractivity contribution is 5.99. The molecule has 0 aromatic heterocycles. The second kappa shape index (κ2) is 8.04. The molecule has 1 fully saturated rings. The number of fused-ring (bicyclic) bond motifs is 2. The van der Waals surface area contributed by atoms with Gasteiger partial charge in [-0.2, -0.15) is 0 Å². The monoisotopic (exact) mass is 415 g/mol. The topological polar surface area (TPSA) is 79.5 Å². The normalized spacial score (nSPS) is 19.0. The lowest BCUT2D eigenvalue weighted by molar-refractivity contribution is 0.00208. The van der Waals surface area contributed by atoms with Gasteiger partial charge in [0.1, 0.15) is 0 Å². The van der Waals surface area contributed by atoms with Crippen LogP contribution in [0.4, 0.5) is 4.79 Å². The predicted octanol–water partition coefficient (Wildman–Crippen LogP) is 3.88. The number of hydrogen-bond acceptors (Lipinski definition) is 3. The molecule has 2 aliphatic rings. The van der Waals surface area contributed by atoms with Crippen LogP contribution in [0.1, 0.15) is 40.4 Å². The Bertz CT molecular complexity index is 1140. The van der Waals surface area contributed by atoms with Gasteiger partial charge in [-0.25, -0.2) is 10.2 Å². The second-order valence-corrected chi connectivity index (χ2v) is 8.40. The van der Waals surface area contributed by atoms with E-state index in [1.165, 1.54) is 5.56 Å². The molecule has 0 bridgehead atoms. The number of amides is 3. The lowest BCUT2D eigenvalue weighted by atomic mass is 9.74. The highest BCUT2D eigenvalue weighted by atomic mass is 16.5. The Balaban J connectivity index is 1.27. The fourth-order valence-electron chi connectivity index (χ4n) is 4.95. The van der Waals surface area contributed by atoms with Crippen molar-refractivity contribution < 1.29 is 14.3 Å². The summed E-state index contributed by atoms with van der Waals surface area (Å²) >= 11 is 0. The smallest absolute Gasteiger partial charge is 0.333 e. The first-order valence-corrected chi connectivity index (χ1v) is 10.7. The Morgan fingerprint density at radius 3 is 2.45 bits per heavy atom. The lowest BCUT2D eigenvalue weighted by Gasteiger charge is -2.39. The first-order chi connectivity index (χ1) is 15.1. The zero-order valence-corrected chi connectivity index (χ0v) is 17.2. The molecule has 1 unspecified atom stereocenters. The number of ether oxygens (including phenoxy) is 1. The molecule has 1 saturated heterocycles. The molecule has 1 aliphatic carbocycles. The van der Waals surface area contributed by atoms with Gasteiger partial charge in [0.15, 0.2) is 0 Å². The molecule has 31 heavy (non-hydrogen) atoms. The van der Waals surface area contributed by atoms with Gasteiger partial charge in [-0.05, 0) is 53.3 Å². The summed E-state index contributed by atoms with van der Waals surface area (Å²) in [4.78, 5) is 25.3. The van der Waals surface area contributed by atoms with Crippen LogP contribution in [0.5, 0.6) is 0 Å². The molecule has 5 rings (SSSR count). The Labute approximate surface area is 180 Å². The maximum absolute atomic E-state index is 12.7. The van der Waals surface area contributed by atoms with Gasteiger partial charge in [0.2, 0.25) is 0 Å². The molecule has 6 nitrogen and oxygen atoms in total. The van der Waals surface area contributed by atoms with E-state index in [1.807, 2.05) is 48.5 Å². The Kier molecular flexibility index (Phi) is 5.08. The van der Waals surface area contributed by atoms with Gasteiger partial charge in [-0.15, -0.1) is 0 Å². The second-order valence-electron chi connectivity index (χ2n) is 8.40. The van der Waals surface area contributed by atoms with Crippen LogP contribution in [-0.4, -0.2) is 25.2 Å². The molecule has 1 atom stereocenters. The van der Waals surface area contributed by atoms with Crippen LogP contribution >= 0.6 is 0 Å². The number of benzene rings is 3. The van der Waals surface area contributed by atoms with Gasteiger partial charge in [-0.3, -0.25) is 10.2 Å². The number of hydrogen-bond donors (Lipinski definition) is 3. The number of carbonyl (C=O) groups is 2. The zero-order chi connectivity index (χ0) is 21.3. The van der Waals surface area contributed by atoms with E-state index in [-0.39, 0.29) is 17.4 Å². The van der Waals surface area contributed by atoms with Crippen LogP contribution in [-0.2, 0) is 11.2 Å². The van der Waals surface area contributed by atoms with Gasteiger partial charge >= 0.3 is 6.03 Å². The number of hydrazine groups is 1. The van der Waals surface area contributed by atoms with Crippen LogP contribution in [0.2, 0.25) is 0 Å². The van der Waals surface area contributed by atoms with Crippen molar-refractivity contribution in [1.29, 1.82) is 0 Å². The van der Waals surface area contributed by atoms with E-state index in [9.17, 15) is 9.59 Å². The summed E-state index contributed by atoms with van der Waals surface area (Å²) in [7, 11) is 0. The van der Waals surface area contributed by atoms with E-state index in [1.54, 1.807) is 6.07 Å². The quantitative estimate of drug-likeness (QED) is 0.556. The van der Waals surface area contributed by atoms with Crippen molar-refractivity contribution in [2.75, 3.05) is 13.2 Å². The maximum Gasteiger partial charge on any atom is 0.333 e. The van der Waals surface area contributed by atoms with Crippen molar-refractivity contribution in [3.8, 4) is 0 Å².